The van der Waals surface area contributed by atoms with E-state index in [1.165, 1.54) is 0 Å². The lowest BCUT2D eigenvalue weighted by Crippen LogP contribution is -2.27. The van der Waals surface area contributed by atoms with Crippen molar-refractivity contribution in [3.63, 3.8) is 0 Å². The van der Waals surface area contributed by atoms with E-state index >= 15 is 0 Å². The van der Waals surface area contributed by atoms with Gasteiger partial charge in [-0.1, -0.05) is 29.3 Å². The molecule has 4 heteroatoms. The minimum Gasteiger partial charge on any atom is -0.492 e. The van der Waals surface area contributed by atoms with E-state index in [0.29, 0.717) is 12.5 Å². The van der Waals surface area contributed by atoms with Gasteiger partial charge in [-0.25, -0.2) is 0 Å². The average Bonchev–Trinajstić information content (AvgIpc) is 2.39. The van der Waals surface area contributed by atoms with E-state index in [1.54, 1.807) is 0 Å². The number of aliphatic hydroxyl groups is 1. The summed E-state index contributed by atoms with van der Waals surface area (Å²) in [4.78, 5) is 0. The topological polar surface area (TPSA) is 41.5 Å². The number of hydrogen-bond donors (Lipinski definition) is 2. The van der Waals surface area contributed by atoms with Crippen LogP contribution in [0.2, 0.25) is 0 Å². The van der Waals surface area contributed by atoms with Gasteiger partial charge >= 0.3 is 0 Å². The Kier molecular flexibility index (Phi) is 8.05. The lowest BCUT2D eigenvalue weighted by molar-refractivity contribution is 0.247. The predicted molar refractivity (Wildman–Crippen MR) is 78.0 cm³/mol. The lowest BCUT2D eigenvalue weighted by atomic mass is 10.0. The molecule has 1 rings (SSSR count). The Hall–Kier alpha value is -0.580. The van der Waals surface area contributed by atoms with Crippen LogP contribution in [0, 0.1) is 5.92 Å². The van der Waals surface area contributed by atoms with Gasteiger partial charge in [0.05, 0.1) is 0 Å². The fourth-order valence-electron chi connectivity index (χ4n) is 1.71. The number of hydrogen-bond acceptors (Lipinski definition) is 3. The summed E-state index contributed by atoms with van der Waals surface area (Å²) in [6, 6.07) is 7.84. The Balaban J connectivity index is 2.09. The largest absolute Gasteiger partial charge is 0.492 e. The predicted octanol–water partition coefficient (Wildman–Crippen LogP) is 2.83. The SMILES string of the molecule is CCC(CCO)CNCCOc1ccc(Br)cc1. The van der Waals surface area contributed by atoms with Crippen LogP contribution in [-0.4, -0.2) is 31.4 Å². The van der Waals surface area contributed by atoms with Crippen molar-refractivity contribution in [2.24, 2.45) is 5.92 Å². The molecule has 3 nitrogen and oxygen atoms in total. The molecule has 0 amide bonds. The van der Waals surface area contributed by atoms with Gasteiger partial charge in [0.2, 0.25) is 0 Å². The van der Waals surface area contributed by atoms with Crippen LogP contribution < -0.4 is 10.1 Å². The van der Waals surface area contributed by atoms with Gasteiger partial charge in [0, 0.05) is 17.6 Å². The highest BCUT2D eigenvalue weighted by Gasteiger charge is 2.04. The van der Waals surface area contributed by atoms with Crippen molar-refractivity contribution in [2.45, 2.75) is 19.8 Å². The Morgan fingerprint density at radius 2 is 2.06 bits per heavy atom. The van der Waals surface area contributed by atoms with E-state index in [0.717, 1.165) is 36.2 Å². The van der Waals surface area contributed by atoms with Gasteiger partial charge in [-0.05, 0) is 43.1 Å². The molecule has 0 bridgehead atoms. The van der Waals surface area contributed by atoms with Crippen molar-refractivity contribution in [2.75, 3.05) is 26.3 Å². The molecule has 0 fully saturated rings. The van der Waals surface area contributed by atoms with Gasteiger partial charge in [0.25, 0.3) is 0 Å². The summed E-state index contributed by atoms with van der Waals surface area (Å²) >= 11 is 3.39. The van der Waals surface area contributed by atoms with Crippen molar-refractivity contribution in [3.8, 4) is 5.75 Å². The highest BCUT2D eigenvalue weighted by Crippen LogP contribution is 2.15. The minimum atomic E-state index is 0.273. The molecule has 1 aromatic carbocycles. The third-order valence-electron chi connectivity index (χ3n) is 2.91. The molecule has 0 radical (unpaired) electrons. The third kappa shape index (κ3) is 6.38. The van der Waals surface area contributed by atoms with E-state index in [-0.39, 0.29) is 6.61 Å². The van der Waals surface area contributed by atoms with E-state index in [4.69, 9.17) is 9.84 Å². The first-order chi connectivity index (χ1) is 8.76. The molecule has 0 aliphatic heterocycles. The summed E-state index contributed by atoms with van der Waals surface area (Å²) in [7, 11) is 0. The fourth-order valence-corrected chi connectivity index (χ4v) is 1.98. The number of nitrogens with one attached hydrogen (secondary N) is 1. The van der Waals surface area contributed by atoms with E-state index in [9.17, 15) is 0 Å². The zero-order chi connectivity index (χ0) is 13.2. The first-order valence-corrected chi connectivity index (χ1v) is 7.25. The molecule has 0 aromatic heterocycles. The van der Waals surface area contributed by atoms with E-state index in [2.05, 4.69) is 28.2 Å². The van der Waals surface area contributed by atoms with Gasteiger partial charge in [-0.2, -0.15) is 0 Å². The van der Waals surface area contributed by atoms with Crippen LogP contribution in [0.5, 0.6) is 5.75 Å². The maximum atomic E-state index is 8.89. The first kappa shape index (κ1) is 15.5. The first-order valence-electron chi connectivity index (χ1n) is 6.46. The Bertz CT molecular complexity index is 316. The number of benzene rings is 1. The smallest absolute Gasteiger partial charge is 0.119 e. The van der Waals surface area contributed by atoms with Crippen LogP contribution in [0.4, 0.5) is 0 Å². The molecule has 1 unspecified atom stereocenters. The summed E-state index contributed by atoms with van der Waals surface area (Å²) in [5.74, 6) is 1.45. The average molecular weight is 316 g/mol. The maximum absolute atomic E-state index is 8.89. The number of rotatable bonds is 9. The molecule has 0 saturated carbocycles. The van der Waals surface area contributed by atoms with Gasteiger partial charge in [0.1, 0.15) is 12.4 Å². The van der Waals surface area contributed by atoms with Crippen LogP contribution in [0.15, 0.2) is 28.7 Å². The minimum absolute atomic E-state index is 0.273. The van der Waals surface area contributed by atoms with Crippen molar-refractivity contribution < 1.29 is 9.84 Å². The van der Waals surface area contributed by atoms with Crippen molar-refractivity contribution in [1.29, 1.82) is 0 Å². The molecule has 0 saturated heterocycles. The second-order valence-corrected chi connectivity index (χ2v) is 5.21. The maximum Gasteiger partial charge on any atom is 0.119 e. The molecule has 18 heavy (non-hydrogen) atoms. The van der Waals surface area contributed by atoms with E-state index < -0.39 is 0 Å². The second-order valence-electron chi connectivity index (χ2n) is 4.29. The van der Waals surface area contributed by atoms with Crippen LogP contribution in [-0.2, 0) is 0 Å². The Morgan fingerprint density at radius 1 is 1.33 bits per heavy atom. The van der Waals surface area contributed by atoms with Crippen LogP contribution >= 0.6 is 15.9 Å². The molecule has 0 heterocycles. The summed E-state index contributed by atoms with van der Waals surface area (Å²) in [5, 5.41) is 12.2. The van der Waals surface area contributed by atoms with Crippen molar-refractivity contribution in [1.82, 2.24) is 5.32 Å². The highest BCUT2D eigenvalue weighted by atomic mass is 79.9. The zero-order valence-electron chi connectivity index (χ0n) is 10.9. The fraction of sp³-hybridized carbons (Fsp3) is 0.571. The summed E-state index contributed by atoms with van der Waals surface area (Å²) in [5.41, 5.74) is 0. The monoisotopic (exact) mass is 315 g/mol. The molecule has 102 valence electrons. The van der Waals surface area contributed by atoms with E-state index in [1.807, 2.05) is 24.3 Å². The van der Waals surface area contributed by atoms with Crippen molar-refractivity contribution >= 4 is 15.9 Å². The highest BCUT2D eigenvalue weighted by molar-refractivity contribution is 9.10. The molecule has 0 spiro atoms. The summed E-state index contributed by atoms with van der Waals surface area (Å²) in [6.45, 7) is 4.87. The van der Waals surface area contributed by atoms with Crippen molar-refractivity contribution in [3.05, 3.63) is 28.7 Å². The standard InChI is InChI=1S/C14H22BrNO2/c1-2-12(7-9-17)11-16-8-10-18-14-5-3-13(15)4-6-14/h3-6,12,16-17H,2,7-11H2,1H3. The molecular weight excluding hydrogens is 294 g/mol. The number of halogens is 1. The summed E-state index contributed by atoms with van der Waals surface area (Å²) < 4.78 is 6.66. The van der Waals surface area contributed by atoms with Gasteiger partial charge in [0.15, 0.2) is 0 Å². The van der Waals surface area contributed by atoms with Gasteiger partial charge in [-0.3, -0.25) is 0 Å². The lowest BCUT2D eigenvalue weighted by Gasteiger charge is -2.14. The van der Waals surface area contributed by atoms with Crippen LogP contribution in [0.3, 0.4) is 0 Å². The van der Waals surface area contributed by atoms with Gasteiger partial charge < -0.3 is 15.2 Å². The molecule has 0 aliphatic carbocycles. The number of aliphatic hydroxyl groups excluding tert-OH is 1. The molecule has 1 aromatic rings. The number of ether oxygens (including phenoxy) is 1. The normalized spacial score (nSPS) is 12.4. The molecule has 1 atom stereocenters. The quantitative estimate of drug-likeness (QED) is 0.688. The molecular formula is C14H22BrNO2. The molecule has 0 aliphatic rings. The molecule has 2 N–H and O–H groups in total. The Morgan fingerprint density at radius 3 is 2.67 bits per heavy atom. The second kappa shape index (κ2) is 9.36. The zero-order valence-corrected chi connectivity index (χ0v) is 12.4. The van der Waals surface area contributed by atoms with Crippen LogP contribution in [0.25, 0.3) is 0 Å². The third-order valence-corrected chi connectivity index (χ3v) is 3.44. The summed E-state index contributed by atoms with van der Waals surface area (Å²) in [6.07, 6.45) is 1.97. The van der Waals surface area contributed by atoms with Crippen LogP contribution in [0.1, 0.15) is 19.8 Å². The Labute approximate surface area is 118 Å². The van der Waals surface area contributed by atoms with Gasteiger partial charge in [-0.15, -0.1) is 0 Å².